The van der Waals surface area contributed by atoms with Crippen molar-refractivity contribution in [1.82, 2.24) is 0 Å². The van der Waals surface area contributed by atoms with Crippen LogP contribution in [0.5, 0.6) is 17.2 Å². The minimum atomic E-state index is 0.241. The Labute approximate surface area is 96.1 Å². The highest BCUT2D eigenvalue weighted by Crippen LogP contribution is 2.22. The number of aromatic hydroxyl groups is 1. The first-order valence-electron chi connectivity index (χ1n) is 5.36. The van der Waals surface area contributed by atoms with Gasteiger partial charge in [-0.1, -0.05) is 32.0 Å². The number of rotatable bonds is 2. The van der Waals surface area contributed by atoms with Gasteiger partial charge >= 0.3 is 0 Å². The van der Waals surface area contributed by atoms with E-state index in [4.69, 9.17) is 9.84 Å². The standard InChI is InChI=1S/C12H10O2.C2H6/c13-10-6-8-12(9-7-10)14-11-4-2-1-3-5-11;1-2/h1-9,13H;1-2H3. The molecule has 0 bridgehead atoms. The molecule has 2 nitrogen and oxygen atoms in total. The van der Waals surface area contributed by atoms with Gasteiger partial charge in [-0.15, -0.1) is 0 Å². The van der Waals surface area contributed by atoms with Crippen LogP contribution in [0.25, 0.3) is 0 Å². The molecule has 0 aliphatic carbocycles. The molecule has 0 unspecified atom stereocenters. The van der Waals surface area contributed by atoms with Gasteiger partial charge in [0.1, 0.15) is 17.2 Å². The number of phenolic OH excluding ortho intramolecular Hbond substituents is 1. The van der Waals surface area contributed by atoms with Gasteiger partial charge in [-0.3, -0.25) is 0 Å². The Kier molecular flexibility index (Phi) is 4.93. The van der Waals surface area contributed by atoms with Crippen molar-refractivity contribution >= 4 is 0 Å². The van der Waals surface area contributed by atoms with Gasteiger partial charge in [-0.25, -0.2) is 0 Å². The molecule has 16 heavy (non-hydrogen) atoms. The summed E-state index contributed by atoms with van der Waals surface area (Å²) in [6.07, 6.45) is 0. The first kappa shape index (κ1) is 12.1. The maximum Gasteiger partial charge on any atom is 0.127 e. The fourth-order valence-corrected chi connectivity index (χ4v) is 1.14. The lowest BCUT2D eigenvalue weighted by atomic mass is 10.3. The van der Waals surface area contributed by atoms with Crippen molar-refractivity contribution < 1.29 is 9.84 Å². The molecular weight excluding hydrogens is 200 g/mol. The zero-order valence-electron chi connectivity index (χ0n) is 9.55. The molecule has 1 N–H and O–H groups in total. The van der Waals surface area contributed by atoms with Crippen LogP contribution in [0, 0.1) is 0 Å². The molecule has 0 amide bonds. The Morgan fingerprint density at radius 3 is 1.81 bits per heavy atom. The van der Waals surface area contributed by atoms with E-state index >= 15 is 0 Å². The van der Waals surface area contributed by atoms with E-state index in [0.29, 0.717) is 5.75 Å². The highest BCUT2D eigenvalue weighted by Gasteiger charge is 1.95. The van der Waals surface area contributed by atoms with E-state index in [1.54, 1.807) is 24.3 Å². The Morgan fingerprint density at radius 1 is 0.750 bits per heavy atom. The number of hydrogen-bond acceptors (Lipinski definition) is 2. The lowest BCUT2D eigenvalue weighted by Crippen LogP contribution is -1.81. The van der Waals surface area contributed by atoms with Crippen molar-refractivity contribution in [1.29, 1.82) is 0 Å². The van der Waals surface area contributed by atoms with E-state index in [1.807, 2.05) is 44.2 Å². The van der Waals surface area contributed by atoms with E-state index in [-0.39, 0.29) is 5.75 Å². The molecule has 0 fully saturated rings. The molecular formula is C14H16O2. The molecule has 0 aromatic heterocycles. The summed E-state index contributed by atoms with van der Waals surface area (Å²) < 4.78 is 5.52. The molecule has 2 rings (SSSR count). The van der Waals surface area contributed by atoms with Crippen LogP contribution in [-0.2, 0) is 0 Å². The summed E-state index contributed by atoms with van der Waals surface area (Å²) in [4.78, 5) is 0. The van der Waals surface area contributed by atoms with Gasteiger partial charge in [0.25, 0.3) is 0 Å². The first-order chi connectivity index (χ1) is 7.84. The SMILES string of the molecule is CC.Oc1ccc(Oc2ccccc2)cc1. The van der Waals surface area contributed by atoms with Crippen molar-refractivity contribution in [2.45, 2.75) is 13.8 Å². The van der Waals surface area contributed by atoms with Crippen molar-refractivity contribution in [3.05, 3.63) is 54.6 Å². The number of hydrogen-bond donors (Lipinski definition) is 1. The van der Waals surface area contributed by atoms with Gasteiger partial charge in [-0.2, -0.15) is 0 Å². The van der Waals surface area contributed by atoms with E-state index in [1.165, 1.54) is 0 Å². The van der Waals surface area contributed by atoms with Gasteiger partial charge in [-0.05, 0) is 36.4 Å². The van der Waals surface area contributed by atoms with Gasteiger partial charge < -0.3 is 9.84 Å². The van der Waals surface area contributed by atoms with Crippen LogP contribution in [0.1, 0.15) is 13.8 Å². The predicted molar refractivity (Wildman–Crippen MR) is 66.0 cm³/mol. The average molecular weight is 216 g/mol. The topological polar surface area (TPSA) is 29.5 Å². The molecule has 0 radical (unpaired) electrons. The van der Waals surface area contributed by atoms with Crippen LogP contribution in [0.2, 0.25) is 0 Å². The first-order valence-corrected chi connectivity index (χ1v) is 5.36. The lowest BCUT2D eigenvalue weighted by molar-refractivity contribution is 0.464. The van der Waals surface area contributed by atoms with Crippen LogP contribution in [0.15, 0.2) is 54.6 Å². The van der Waals surface area contributed by atoms with Crippen LogP contribution in [0.3, 0.4) is 0 Å². The molecule has 2 heteroatoms. The summed E-state index contributed by atoms with van der Waals surface area (Å²) in [5.41, 5.74) is 0. The Balaban J connectivity index is 0.000000606. The third-order valence-electron chi connectivity index (χ3n) is 1.82. The predicted octanol–water partition coefficient (Wildman–Crippen LogP) is 4.21. The maximum atomic E-state index is 9.07. The van der Waals surface area contributed by atoms with E-state index in [2.05, 4.69) is 0 Å². The van der Waals surface area contributed by atoms with E-state index < -0.39 is 0 Å². The highest BCUT2D eigenvalue weighted by molar-refractivity contribution is 5.34. The molecule has 0 aliphatic heterocycles. The monoisotopic (exact) mass is 216 g/mol. The fraction of sp³-hybridized carbons (Fsp3) is 0.143. The molecule has 0 saturated carbocycles. The molecule has 0 heterocycles. The van der Waals surface area contributed by atoms with Gasteiger partial charge in [0.05, 0.1) is 0 Å². The second-order valence-corrected chi connectivity index (χ2v) is 2.91. The largest absolute Gasteiger partial charge is 0.508 e. The zero-order chi connectivity index (χ0) is 11.8. The van der Waals surface area contributed by atoms with Gasteiger partial charge in [0.2, 0.25) is 0 Å². The number of ether oxygens (including phenoxy) is 1. The zero-order valence-corrected chi connectivity index (χ0v) is 9.55. The molecule has 2 aromatic carbocycles. The summed E-state index contributed by atoms with van der Waals surface area (Å²) in [7, 11) is 0. The van der Waals surface area contributed by atoms with Crippen molar-refractivity contribution in [2.24, 2.45) is 0 Å². The second kappa shape index (κ2) is 6.51. The maximum absolute atomic E-state index is 9.07. The van der Waals surface area contributed by atoms with Crippen LogP contribution < -0.4 is 4.74 Å². The number of para-hydroxylation sites is 1. The second-order valence-electron chi connectivity index (χ2n) is 2.91. The molecule has 0 aliphatic rings. The Hall–Kier alpha value is -1.96. The Morgan fingerprint density at radius 2 is 1.25 bits per heavy atom. The fourth-order valence-electron chi connectivity index (χ4n) is 1.14. The van der Waals surface area contributed by atoms with Crippen LogP contribution in [0.4, 0.5) is 0 Å². The number of benzene rings is 2. The van der Waals surface area contributed by atoms with Crippen LogP contribution in [-0.4, -0.2) is 5.11 Å². The molecule has 0 spiro atoms. The lowest BCUT2D eigenvalue weighted by Gasteiger charge is -2.04. The van der Waals surface area contributed by atoms with Gasteiger partial charge in [0.15, 0.2) is 0 Å². The van der Waals surface area contributed by atoms with E-state index in [0.717, 1.165) is 5.75 Å². The van der Waals surface area contributed by atoms with Crippen molar-refractivity contribution in [3.63, 3.8) is 0 Å². The normalized spacial score (nSPS) is 8.88. The third-order valence-corrected chi connectivity index (χ3v) is 1.82. The summed E-state index contributed by atoms with van der Waals surface area (Å²) >= 11 is 0. The highest BCUT2D eigenvalue weighted by atomic mass is 16.5. The molecule has 2 aromatic rings. The smallest absolute Gasteiger partial charge is 0.127 e. The van der Waals surface area contributed by atoms with Crippen molar-refractivity contribution in [3.8, 4) is 17.2 Å². The molecule has 0 atom stereocenters. The van der Waals surface area contributed by atoms with Crippen LogP contribution >= 0.6 is 0 Å². The minimum absolute atomic E-state index is 0.241. The summed E-state index contributed by atoms with van der Waals surface area (Å²) in [5, 5.41) is 9.07. The average Bonchev–Trinajstić information content (AvgIpc) is 2.36. The molecule has 84 valence electrons. The van der Waals surface area contributed by atoms with Gasteiger partial charge in [0, 0.05) is 0 Å². The van der Waals surface area contributed by atoms with Crippen molar-refractivity contribution in [2.75, 3.05) is 0 Å². The Bertz CT molecular complexity index is 393. The minimum Gasteiger partial charge on any atom is -0.508 e. The number of phenols is 1. The summed E-state index contributed by atoms with van der Waals surface area (Å²) in [6.45, 7) is 4.00. The quantitative estimate of drug-likeness (QED) is 0.814. The summed E-state index contributed by atoms with van der Waals surface area (Å²) in [6, 6.07) is 16.2. The third kappa shape index (κ3) is 3.65. The molecule has 0 saturated heterocycles. The summed E-state index contributed by atoms with van der Waals surface area (Å²) in [5.74, 6) is 1.75. The van der Waals surface area contributed by atoms with E-state index in [9.17, 15) is 0 Å².